The molecule has 5 heteroatoms. The molecule has 0 spiro atoms. The van der Waals surface area contributed by atoms with Crippen LogP contribution in [0.4, 0.5) is 0 Å². The third-order valence-electron chi connectivity index (χ3n) is 3.29. The number of hydrogen-bond donors (Lipinski definition) is 1. The number of rotatable bonds is 4. The van der Waals surface area contributed by atoms with Crippen molar-refractivity contribution in [3.05, 3.63) is 72.1 Å². The van der Waals surface area contributed by atoms with E-state index in [1.165, 1.54) is 4.90 Å². The van der Waals surface area contributed by atoms with Gasteiger partial charge in [0, 0.05) is 4.90 Å². The average Bonchev–Trinajstić information content (AvgIpc) is 3.04. The summed E-state index contributed by atoms with van der Waals surface area (Å²) in [5.74, 6) is 0. The van der Waals surface area contributed by atoms with Gasteiger partial charge < -0.3 is 5.11 Å². The molecule has 3 rings (SSSR count). The van der Waals surface area contributed by atoms with Gasteiger partial charge in [-0.3, -0.25) is 0 Å². The topological polar surface area (TPSA) is 50.9 Å². The smallest absolute Gasteiger partial charge is 0.123 e. The van der Waals surface area contributed by atoms with Crippen LogP contribution in [-0.2, 0) is 0 Å². The van der Waals surface area contributed by atoms with Crippen molar-refractivity contribution in [1.82, 2.24) is 15.0 Å². The minimum absolute atomic E-state index is 0.651. The van der Waals surface area contributed by atoms with Gasteiger partial charge in [0.2, 0.25) is 0 Å². The van der Waals surface area contributed by atoms with Gasteiger partial charge in [0.05, 0.1) is 17.6 Å². The van der Waals surface area contributed by atoms with Gasteiger partial charge in [-0.25, -0.2) is 4.68 Å². The molecule has 0 aliphatic heterocycles. The van der Waals surface area contributed by atoms with Crippen molar-refractivity contribution in [3.63, 3.8) is 0 Å². The second-order valence-corrected chi connectivity index (χ2v) is 5.46. The Bertz CT molecular complexity index is 710. The first kappa shape index (κ1) is 13.9. The van der Waals surface area contributed by atoms with E-state index in [9.17, 15) is 5.11 Å². The van der Waals surface area contributed by atoms with Crippen LogP contribution in [0.2, 0.25) is 0 Å². The van der Waals surface area contributed by atoms with Gasteiger partial charge in [-0.1, -0.05) is 35.5 Å². The fourth-order valence-corrected chi connectivity index (χ4v) is 2.56. The summed E-state index contributed by atoms with van der Waals surface area (Å²) in [4.78, 5) is 1.17. The summed E-state index contributed by atoms with van der Waals surface area (Å²) in [7, 11) is 0. The maximum absolute atomic E-state index is 10.6. The minimum atomic E-state index is -0.754. The number of aliphatic hydroxyl groups is 1. The number of para-hydroxylation sites is 1. The zero-order valence-corrected chi connectivity index (χ0v) is 12.4. The van der Waals surface area contributed by atoms with Gasteiger partial charge in [0.25, 0.3) is 0 Å². The van der Waals surface area contributed by atoms with Gasteiger partial charge >= 0.3 is 0 Å². The van der Waals surface area contributed by atoms with Crippen molar-refractivity contribution in [2.75, 3.05) is 6.26 Å². The molecule has 106 valence electrons. The highest BCUT2D eigenvalue weighted by atomic mass is 32.2. The first-order chi connectivity index (χ1) is 10.3. The highest BCUT2D eigenvalue weighted by Crippen LogP contribution is 2.25. The number of aromatic nitrogens is 3. The largest absolute Gasteiger partial charge is 0.382 e. The predicted molar refractivity (Wildman–Crippen MR) is 83.6 cm³/mol. The lowest BCUT2D eigenvalue weighted by Gasteiger charge is -2.13. The van der Waals surface area contributed by atoms with E-state index in [1.54, 1.807) is 22.6 Å². The van der Waals surface area contributed by atoms with Crippen LogP contribution in [0.25, 0.3) is 5.69 Å². The highest BCUT2D eigenvalue weighted by molar-refractivity contribution is 7.98. The number of benzene rings is 2. The summed E-state index contributed by atoms with van der Waals surface area (Å²) >= 11 is 1.68. The number of nitrogens with zero attached hydrogens (tertiary/aromatic N) is 3. The van der Waals surface area contributed by atoms with Crippen LogP contribution >= 0.6 is 11.8 Å². The van der Waals surface area contributed by atoms with Crippen LogP contribution in [0.15, 0.2) is 65.7 Å². The quantitative estimate of drug-likeness (QED) is 0.752. The molecule has 21 heavy (non-hydrogen) atoms. The van der Waals surface area contributed by atoms with Crippen molar-refractivity contribution in [1.29, 1.82) is 0 Å². The van der Waals surface area contributed by atoms with E-state index >= 15 is 0 Å². The summed E-state index contributed by atoms with van der Waals surface area (Å²) in [6.07, 6.45) is 2.87. The fraction of sp³-hybridized carbons (Fsp3) is 0.125. The molecule has 2 aromatic carbocycles. The Morgan fingerprint density at radius 2 is 1.76 bits per heavy atom. The molecule has 3 aromatic rings. The lowest BCUT2D eigenvalue weighted by atomic mass is 10.1. The van der Waals surface area contributed by atoms with Crippen LogP contribution < -0.4 is 0 Å². The van der Waals surface area contributed by atoms with Crippen molar-refractivity contribution >= 4 is 11.8 Å². The predicted octanol–water partition coefficient (Wildman–Crippen LogP) is 3.07. The summed E-state index contributed by atoms with van der Waals surface area (Å²) in [5.41, 5.74) is 2.36. The zero-order valence-electron chi connectivity index (χ0n) is 11.5. The SMILES string of the molecule is CSc1ccc(C(O)c2cnnn2-c2ccccc2)cc1. The van der Waals surface area contributed by atoms with E-state index in [-0.39, 0.29) is 0 Å². The molecule has 1 N–H and O–H groups in total. The number of thioether (sulfide) groups is 1. The van der Waals surface area contributed by atoms with Crippen LogP contribution in [0.1, 0.15) is 17.4 Å². The van der Waals surface area contributed by atoms with Gasteiger partial charge in [-0.15, -0.1) is 16.9 Å². The molecule has 0 saturated carbocycles. The van der Waals surface area contributed by atoms with E-state index in [0.29, 0.717) is 5.69 Å². The third-order valence-corrected chi connectivity index (χ3v) is 4.03. The molecule has 0 bridgehead atoms. The Morgan fingerprint density at radius 3 is 2.43 bits per heavy atom. The standard InChI is InChI=1S/C16H15N3OS/c1-21-14-9-7-12(8-10-14)16(20)15-11-17-18-19(15)13-5-3-2-4-6-13/h2-11,16,20H,1H3. The molecular formula is C16H15N3OS. The molecule has 1 aromatic heterocycles. The fourth-order valence-electron chi connectivity index (χ4n) is 2.16. The number of hydrogen-bond acceptors (Lipinski definition) is 4. The molecule has 0 fully saturated rings. The third kappa shape index (κ3) is 2.84. The summed E-state index contributed by atoms with van der Waals surface area (Å²) in [6.45, 7) is 0. The molecule has 0 saturated heterocycles. The molecule has 0 radical (unpaired) electrons. The van der Waals surface area contributed by atoms with E-state index in [1.807, 2.05) is 60.9 Å². The zero-order chi connectivity index (χ0) is 14.7. The van der Waals surface area contributed by atoms with Crippen molar-refractivity contribution in [2.45, 2.75) is 11.0 Å². The number of aliphatic hydroxyl groups excluding tert-OH is 1. The normalized spacial score (nSPS) is 12.3. The summed E-state index contributed by atoms with van der Waals surface area (Å²) < 4.78 is 1.66. The second kappa shape index (κ2) is 6.11. The van der Waals surface area contributed by atoms with Crippen molar-refractivity contribution < 1.29 is 5.11 Å². The van der Waals surface area contributed by atoms with Crippen LogP contribution in [-0.4, -0.2) is 26.4 Å². The Balaban J connectivity index is 1.95. The molecule has 0 aliphatic carbocycles. The first-order valence-electron chi connectivity index (χ1n) is 6.57. The van der Waals surface area contributed by atoms with Gasteiger partial charge in [-0.2, -0.15) is 0 Å². The molecular weight excluding hydrogens is 282 g/mol. The van der Waals surface area contributed by atoms with Crippen molar-refractivity contribution in [2.24, 2.45) is 0 Å². The van der Waals surface area contributed by atoms with E-state index < -0.39 is 6.10 Å². The Hall–Kier alpha value is -2.11. The molecule has 1 heterocycles. The van der Waals surface area contributed by atoms with Crippen LogP contribution in [0, 0.1) is 0 Å². The summed E-state index contributed by atoms with van der Waals surface area (Å²) in [6, 6.07) is 17.5. The average molecular weight is 297 g/mol. The highest BCUT2D eigenvalue weighted by Gasteiger charge is 2.17. The Morgan fingerprint density at radius 1 is 1.05 bits per heavy atom. The maximum atomic E-state index is 10.6. The minimum Gasteiger partial charge on any atom is -0.382 e. The second-order valence-electron chi connectivity index (χ2n) is 4.58. The van der Waals surface area contributed by atoms with E-state index in [0.717, 1.165) is 11.3 Å². The lowest BCUT2D eigenvalue weighted by molar-refractivity contribution is 0.212. The molecule has 4 nitrogen and oxygen atoms in total. The Labute approximate surface area is 127 Å². The van der Waals surface area contributed by atoms with Gasteiger partial charge in [0.1, 0.15) is 6.10 Å². The maximum Gasteiger partial charge on any atom is 0.123 e. The Kier molecular flexibility index (Phi) is 4.03. The first-order valence-corrected chi connectivity index (χ1v) is 7.80. The lowest BCUT2D eigenvalue weighted by Crippen LogP contribution is -2.08. The molecule has 0 aliphatic rings. The summed E-state index contributed by atoms with van der Waals surface area (Å²) in [5, 5.41) is 18.6. The van der Waals surface area contributed by atoms with Gasteiger partial charge in [0.15, 0.2) is 0 Å². The molecule has 1 atom stereocenters. The molecule has 1 unspecified atom stereocenters. The van der Waals surface area contributed by atoms with E-state index in [4.69, 9.17) is 0 Å². The van der Waals surface area contributed by atoms with Crippen LogP contribution in [0.5, 0.6) is 0 Å². The van der Waals surface area contributed by atoms with Crippen molar-refractivity contribution in [3.8, 4) is 5.69 Å². The monoisotopic (exact) mass is 297 g/mol. The van der Waals surface area contributed by atoms with E-state index in [2.05, 4.69) is 10.3 Å². The molecule has 0 amide bonds. The van der Waals surface area contributed by atoms with Crippen LogP contribution in [0.3, 0.4) is 0 Å². The van der Waals surface area contributed by atoms with Gasteiger partial charge in [-0.05, 0) is 36.1 Å².